The summed E-state index contributed by atoms with van der Waals surface area (Å²) in [7, 11) is -2.28. The lowest BCUT2D eigenvalue weighted by atomic mass is 9.98. The largest absolute Gasteiger partial charge is 0.497 e. The van der Waals surface area contributed by atoms with E-state index < -0.39 is 22.0 Å². The highest BCUT2D eigenvalue weighted by Gasteiger charge is 2.19. The number of sulfonamides is 1. The highest BCUT2D eigenvalue weighted by atomic mass is 32.2. The molecule has 0 fully saturated rings. The Labute approximate surface area is 192 Å². The summed E-state index contributed by atoms with van der Waals surface area (Å²) in [6.07, 6.45) is 5.52. The minimum Gasteiger partial charge on any atom is -0.497 e. The molecule has 1 atom stereocenters. The van der Waals surface area contributed by atoms with Gasteiger partial charge in [0.1, 0.15) is 11.6 Å². The van der Waals surface area contributed by atoms with E-state index in [0.29, 0.717) is 12.2 Å². The van der Waals surface area contributed by atoms with Gasteiger partial charge in [-0.15, -0.1) is 6.42 Å². The molecule has 0 aliphatic carbocycles. The van der Waals surface area contributed by atoms with Gasteiger partial charge >= 0.3 is 0 Å². The van der Waals surface area contributed by atoms with E-state index in [1.165, 1.54) is 36.4 Å². The van der Waals surface area contributed by atoms with Gasteiger partial charge in [-0.1, -0.05) is 36.3 Å². The zero-order valence-corrected chi connectivity index (χ0v) is 18.7. The van der Waals surface area contributed by atoms with Crippen LogP contribution in [0.5, 0.6) is 5.75 Å². The minimum atomic E-state index is -3.84. The number of hydrogen-bond donors (Lipinski definition) is 2. The number of methoxy groups -OCH3 is 1. The third-order valence-electron chi connectivity index (χ3n) is 4.95. The Morgan fingerprint density at radius 3 is 2.42 bits per heavy atom. The minimum absolute atomic E-state index is 0.0649. The number of carbonyl (C=O) groups excluding carboxylic acids is 1. The normalized spacial score (nSPS) is 11.9. The Bertz CT molecular complexity index is 1250. The lowest BCUT2D eigenvalue weighted by Crippen LogP contribution is -2.30. The average Bonchev–Trinajstić information content (AvgIpc) is 2.84. The Kier molecular flexibility index (Phi) is 7.83. The highest BCUT2D eigenvalue weighted by molar-refractivity contribution is 7.89. The Balaban J connectivity index is 1.87. The maximum atomic E-state index is 13.3. The highest BCUT2D eigenvalue weighted by Crippen LogP contribution is 2.23. The van der Waals surface area contributed by atoms with Crippen molar-refractivity contribution in [1.82, 2.24) is 10.0 Å². The number of terminal acetylenes is 1. The van der Waals surface area contributed by atoms with Gasteiger partial charge in [0.15, 0.2) is 0 Å². The molecule has 170 valence electrons. The predicted octanol–water partition coefficient (Wildman–Crippen LogP) is 3.46. The maximum absolute atomic E-state index is 13.3. The number of amides is 1. The van der Waals surface area contributed by atoms with Crippen LogP contribution < -0.4 is 14.8 Å². The fraction of sp³-hybridized carbons (Fsp3) is 0.160. The molecule has 0 radical (unpaired) electrons. The van der Waals surface area contributed by atoms with Gasteiger partial charge in [-0.25, -0.2) is 12.8 Å². The van der Waals surface area contributed by atoms with E-state index in [1.807, 2.05) is 12.1 Å². The van der Waals surface area contributed by atoms with Gasteiger partial charge in [0, 0.05) is 5.56 Å². The van der Waals surface area contributed by atoms with Crippen LogP contribution in [-0.2, 0) is 16.4 Å². The van der Waals surface area contributed by atoms with Crippen LogP contribution >= 0.6 is 0 Å². The third kappa shape index (κ3) is 6.42. The zero-order chi connectivity index (χ0) is 23.8. The summed E-state index contributed by atoms with van der Waals surface area (Å²) in [6, 6.07) is 18.5. The van der Waals surface area contributed by atoms with Crippen molar-refractivity contribution in [2.24, 2.45) is 0 Å². The summed E-state index contributed by atoms with van der Waals surface area (Å²) in [5.41, 5.74) is 1.82. The van der Waals surface area contributed by atoms with E-state index in [4.69, 9.17) is 11.2 Å². The number of carbonyl (C=O) groups is 1. The van der Waals surface area contributed by atoms with Crippen molar-refractivity contribution in [2.75, 3.05) is 13.7 Å². The molecular weight excluding hydrogens is 443 g/mol. The van der Waals surface area contributed by atoms with Crippen LogP contribution in [0.25, 0.3) is 0 Å². The fourth-order valence-corrected chi connectivity index (χ4v) is 4.19. The summed E-state index contributed by atoms with van der Waals surface area (Å²) < 4.78 is 45.5. The van der Waals surface area contributed by atoms with E-state index in [-0.39, 0.29) is 22.8 Å². The Hall–Kier alpha value is -3.67. The molecule has 1 unspecified atom stereocenters. The van der Waals surface area contributed by atoms with E-state index in [0.717, 1.165) is 11.1 Å². The molecule has 0 heterocycles. The Morgan fingerprint density at radius 2 is 1.79 bits per heavy atom. The van der Waals surface area contributed by atoms with E-state index >= 15 is 0 Å². The molecule has 0 aliphatic rings. The molecule has 8 heteroatoms. The molecule has 3 aromatic rings. The molecule has 0 saturated carbocycles. The molecule has 3 aromatic carbocycles. The van der Waals surface area contributed by atoms with Crippen LogP contribution in [0, 0.1) is 18.2 Å². The average molecular weight is 467 g/mol. The first-order chi connectivity index (χ1) is 15.8. The zero-order valence-electron chi connectivity index (χ0n) is 17.9. The smallest absolute Gasteiger partial charge is 0.251 e. The number of rotatable bonds is 9. The third-order valence-corrected chi connectivity index (χ3v) is 6.35. The number of ether oxygens (including phenoxy) is 1. The number of halogens is 1. The lowest BCUT2D eigenvalue weighted by Gasteiger charge is -2.20. The molecule has 33 heavy (non-hydrogen) atoms. The predicted molar refractivity (Wildman–Crippen MR) is 124 cm³/mol. The summed E-state index contributed by atoms with van der Waals surface area (Å²) >= 11 is 0. The molecule has 3 rings (SSSR count). The quantitative estimate of drug-likeness (QED) is 0.473. The van der Waals surface area contributed by atoms with Crippen molar-refractivity contribution < 1.29 is 22.3 Å². The van der Waals surface area contributed by atoms with Gasteiger partial charge < -0.3 is 10.1 Å². The molecule has 0 aliphatic heterocycles. The molecule has 2 N–H and O–H groups in total. The lowest BCUT2D eigenvalue weighted by molar-refractivity contribution is 0.0936. The van der Waals surface area contributed by atoms with Gasteiger partial charge in [0.05, 0.1) is 24.6 Å². The van der Waals surface area contributed by atoms with Crippen LogP contribution in [0.15, 0.2) is 77.7 Å². The first kappa shape index (κ1) is 24.0. The molecule has 0 spiro atoms. The van der Waals surface area contributed by atoms with E-state index in [9.17, 15) is 17.6 Å². The summed E-state index contributed by atoms with van der Waals surface area (Å²) in [6.45, 7) is -0.157. The standard InChI is InChI=1S/C25H23FN2O4S/c1-3-15-27-33(30,31)23-6-4-5-20(17-23)25(29)28-24(16-18-7-11-21(26)12-8-18)19-9-13-22(32-2)14-10-19/h1,4-14,17,24,27H,15-16H2,2H3,(H,28,29). The first-order valence-corrected chi connectivity index (χ1v) is 11.5. The van der Waals surface area contributed by atoms with Crippen LogP contribution in [0.4, 0.5) is 4.39 Å². The van der Waals surface area contributed by atoms with Gasteiger partial charge in [-0.3, -0.25) is 4.79 Å². The van der Waals surface area contributed by atoms with E-state index in [2.05, 4.69) is 16.0 Å². The number of nitrogens with one attached hydrogen (secondary N) is 2. The summed E-state index contributed by atoms with van der Waals surface area (Å²) in [4.78, 5) is 13.0. The van der Waals surface area contributed by atoms with Crippen molar-refractivity contribution in [3.63, 3.8) is 0 Å². The van der Waals surface area contributed by atoms with Crippen LogP contribution in [-0.4, -0.2) is 28.0 Å². The van der Waals surface area contributed by atoms with Crippen molar-refractivity contribution in [3.05, 3.63) is 95.3 Å². The SMILES string of the molecule is C#CCNS(=O)(=O)c1cccc(C(=O)NC(Cc2ccc(F)cc2)c2ccc(OC)cc2)c1. The number of hydrogen-bond acceptors (Lipinski definition) is 4. The second-order valence-corrected chi connectivity index (χ2v) is 8.95. The molecular formula is C25H23FN2O4S. The van der Waals surface area contributed by atoms with Crippen LogP contribution in [0.3, 0.4) is 0 Å². The monoisotopic (exact) mass is 466 g/mol. The maximum Gasteiger partial charge on any atom is 0.251 e. The first-order valence-electron chi connectivity index (χ1n) is 10.0. The second-order valence-electron chi connectivity index (χ2n) is 7.19. The summed E-state index contributed by atoms with van der Waals surface area (Å²) in [5.74, 6) is 2.08. The fourth-order valence-electron chi connectivity index (χ4n) is 3.21. The van der Waals surface area contributed by atoms with Crippen molar-refractivity contribution in [3.8, 4) is 18.1 Å². The van der Waals surface area contributed by atoms with Gasteiger partial charge in [-0.05, 0) is 60.0 Å². The number of benzene rings is 3. The van der Waals surface area contributed by atoms with Gasteiger partial charge in [0.2, 0.25) is 10.0 Å². The van der Waals surface area contributed by atoms with Gasteiger partial charge in [-0.2, -0.15) is 4.72 Å². The molecule has 6 nitrogen and oxygen atoms in total. The molecule has 1 amide bonds. The van der Waals surface area contributed by atoms with Crippen molar-refractivity contribution >= 4 is 15.9 Å². The second kappa shape index (κ2) is 10.8. The summed E-state index contributed by atoms with van der Waals surface area (Å²) in [5, 5.41) is 2.95. The Morgan fingerprint density at radius 1 is 1.09 bits per heavy atom. The van der Waals surface area contributed by atoms with Crippen molar-refractivity contribution in [1.29, 1.82) is 0 Å². The van der Waals surface area contributed by atoms with Crippen LogP contribution in [0.2, 0.25) is 0 Å². The van der Waals surface area contributed by atoms with E-state index in [1.54, 1.807) is 31.4 Å². The van der Waals surface area contributed by atoms with Crippen molar-refractivity contribution in [2.45, 2.75) is 17.4 Å². The molecule has 0 aromatic heterocycles. The van der Waals surface area contributed by atoms with Gasteiger partial charge in [0.25, 0.3) is 5.91 Å². The topological polar surface area (TPSA) is 84.5 Å². The van der Waals surface area contributed by atoms with Crippen LogP contribution in [0.1, 0.15) is 27.5 Å². The molecule has 0 bridgehead atoms. The molecule has 0 saturated heterocycles.